The quantitative estimate of drug-likeness (QED) is 0.805. The summed E-state index contributed by atoms with van der Waals surface area (Å²) in [5.41, 5.74) is 7.65. The summed E-state index contributed by atoms with van der Waals surface area (Å²) in [4.78, 5) is 14.8. The molecule has 2 aromatic carbocycles. The Morgan fingerprint density at radius 2 is 1.81 bits per heavy atom. The molecule has 1 aliphatic rings. The average molecular weight is 375 g/mol. The number of nitrogens with one attached hydrogen (secondary N) is 1. The van der Waals surface area contributed by atoms with E-state index < -0.39 is 6.61 Å². The van der Waals surface area contributed by atoms with Crippen molar-refractivity contribution in [3.05, 3.63) is 54.1 Å². The van der Waals surface area contributed by atoms with Crippen molar-refractivity contribution in [2.75, 3.05) is 25.0 Å². The lowest BCUT2D eigenvalue weighted by atomic mass is 9.96. The van der Waals surface area contributed by atoms with E-state index in [2.05, 4.69) is 10.1 Å². The molecule has 0 spiro atoms. The van der Waals surface area contributed by atoms with Gasteiger partial charge in [-0.1, -0.05) is 12.1 Å². The zero-order valence-electron chi connectivity index (χ0n) is 14.9. The number of hydrogen-bond acceptors (Lipinski definition) is 4. The Morgan fingerprint density at radius 1 is 1.15 bits per heavy atom. The first-order chi connectivity index (χ1) is 13.1. The fraction of sp³-hybridized carbons (Fsp3) is 0.350. The first kappa shape index (κ1) is 19.1. The molecular weight excluding hydrogens is 352 g/mol. The van der Waals surface area contributed by atoms with Gasteiger partial charge in [-0.15, -0.1) is 0 Å². The van der Waals surface area contributed by atoms with Gasteiger partial charge in [-0.3, -0.25) is 4.79 Å². The number of likely N-dealkylation sites (tertiary alicyclic amines) is 1. The minimum absolute atomic E-state index is 0.0220. The van der Waals surface area contributed by atoms with Crippen molar-refractivity contribution in [3.8, 4) is 5.75 Å². The molecule has 3 N–H and O–H groups in total. The number of carbonyl (C=O) groups is 1. The molecule has 144 valence electrons. The second kappa shape index (κ2) is 8.81. The molecule has 0 unspecified atom stereocenters. The van der Waals surface area contributed by atoms with Gasteiger partial charge >= 0.3 is 6.61 Å². The second-order valence-corrected chi connectivity index (χ2v) is 6.54. The van der Waals surface area contributed by atoms with Gasteiger partial charge in [0.15, 0.2) is 0 Å². The molecule has 27 heavy (non-hydrogen) atoms. The van der Waals surface area contributed by atoms with Crippen LogP contribution in [0, 0.1) is 5.92 Å². The molecule has 7 heteroatoms. The van der Waals surface area contributed by atoms with Crippen LogP contribution in [0.1, 0.15) is 23.2 Å². The maximum atomic E-state index is 12.9. The van der Waals surface area contributed by atoms with E-state index >= 15 is 0 Å². The monoisotopic (exact) mass is 375 g/mol. The Bertz CT molecular complexity index is 760. The van der Waals surface area contributed by atoms with E-state index in [1.165, 1.54) is 12.1 Å². The van der Waals surface area contributed by atoms with Crippen LogP contribution in [0.4, 0.5) is 20.2 Å². The van der Waals surface area contributed by atoms with E-state index in [0.717, 1.165) is 12.8 Å². The molecular formula is C20H23F2N3O2. The Kier molecular flexibility index (Phi) is 6.24. The van der Waals surface area contributed by atoms with Gasteiger partial charge in [0.2, 0.25) is 0 Å². The summed E-state index contributed by atoms with van der Waals surface area (Å²) in [5, 5.41) is 3.18. The van der Waals surface area contributed by atoms with Gasteiger partial charge in [0, 0.05) is 18.8 Å². The van der Waals surface area contributed by atoms with E-state index in [4.69, 9.17) is 5.73 Å². The number of para-hydroxylation sites is 1. The van der Waals surface area contributed by atoms with Gasteiger partial charge in [-0.05, 0) is 61.7 Å². The van der Waals surface area contributed by atoms with Crippen molar-refractivity contribution in [2.24, 2.45) is 11.7 Å². The van der Waals surface area contributed by atoms with Crippen LogP contribution in [0.15, 0.2) is 48.5 Å². The van der Waals surface area contributed by atoms with Crippen LogP contribution in [0.5, 0.6) is 5.75 Å². The Balaban J connectivity index is 1.71. The summed E-state index contributed by atoms with van der Waals surface area (Å²) in [6, 6.07) is 13.4. The number of piperidine rings is 1. The molecule has 1 aliphatic heterocycles. The van der Waals surface area contributed by atoms with Gasteiger partial charge in [-0.25, -0.2) is 0 Å². The molecule has 0 saturated carbocycles. The van der Waals surface area contributed by atoms with E-state index in [1.54, 1.807) is 18.2 Å². The highest BCUT2D eigenvalue weighted by molar-refractivity contribution is 6.00. The average Bonchev–Trinajstić information content (AvgIpc) is 2.69. The Labute approximate surface area is 157 Å². The summed E-state index contributed by atoms with van der Waals surface area (Å²) in [7, 11) is 0. The highest BCUT2D eigenvalue weighted by Gasteiger charge is 2.24. The van der Waals surface area contributed by atoms with Crippen molar-refractivity contribution >= 4 is 17.3 Å². The van der Waals surface area contributed by atoms with Gasteiger partial charge in [0.05, 0.1) is 11.3 Å². The molecule has 1 fully saturated rings. The number of nitrogens with zero attached hydrogens (tertiary/aromatic N) is 1. The largest absolute Gasteiger partial charge is 0.435 e. The molecule has 0 bridgehead atoms. The molecule has 2 aromatic rings. The second-order valence-electron chi connectivity index (χ2n) is 6.54. The van der Waals surface area contributed by atoms with Crippen LogP contribution in [-0.2, 0) is 0 Å². The van der Waals surface area contributed by atoms with Gasteiger partial charge in [0.25, 0.3) is 5.91 Å². The molecule has 1 saturated heterocycles. The van der Waals surface area contributed by atoms with Crippen molar-refractivity contribution in [3.63, 3.8) is 0 Å². The number of alkyl halides is 2. The predicted molar refractivity (Wildman–Crippen MR) is 100 cm³/mol. The van der Waals surface area contributed by atoms with Crippen molar-refractivity contribution in [2.45, 2.75) is 19.5 Å². The highest BCUT2D eigenvalue weighted by Crippen LogP contribution is 2.26. The van der Waals surface area contributed by atoms with Crippen LogP contribution in [-0.4, -0.2) is 37.1 Å². The van der Waals surface area contributed by atoms with Crippen LogP contribution >= 0.6 is 0 Å². The molecule has 0 aliphatic carbocycles. The SMILES string of the molecule is NCC1CCN(C(=O)c2ccccc2Nc2ccc(OC(F)F)cc2)CC1. The van der Waals surface area contributed by atoms with E-state index in [0.29, 0.717) is 42.5 Å². The normalized spacial score (nSPS) is 15.0. The number of anilines is 2. The third-order valence-corrected chi connectivity index (χ3v) is 4.75. The third-order valence-electron chi connectivity index (χ3n) is 4.75. The lowest BCUT2D eigenvalue weighted by Crippen LogP contribution is -2.40. The van der Waals surface area contributed by atoms with Crippen LogP contribution < -0.4 is 15.8 Å². The molecule has 1 amide bonds. The first-order valence-corrected chi connectivity index (χ1v) is 8.97. The van der Waals surface area contributed by atoms with Gasteiger partial charge in [0.1, 0.15) is 5.75 Å². The molecule has 0 radical (unpaired) electrons. The summed E-state index contributed by atoms with van der Waals surface area (Å²) >= 11 is 0. The summed E-state index contributed by atoms with van der Waals surface area (Å²) < 4.78 is 28.8. The number of halogens is 2. The Hall–Kier alpha value is -2.67. The van der Waals surface area contributed by atoms with E-state index in [9.17, 15) is 13.6 Å². The number of nitrogens with two attached hydrogens (primary N) is 1. The lowest BCUT2D eigenvalue weighted by molar-refractivity contribution is -0.0498. The lowest BCUT2D eigenvalue weighted by Gasteiger charge is -2.32. The Morgan fingerprint density at radius 3 is 2.44 bits per heavy atom. The standard InChI is InChI=1S/C20H23F2N3O2/c21-20(22)27-16-7-5-15(6-8-16)24-18-4-2-1-3-17(18)19(26)25-11-9-14(13-23)10-12-25/h1-8,14,20,24H,9-13,23H2. The predicted octanol–water partition coefficient (Wildman–Crippen LogP) is 3.84. The summed E-state index contributed by atoms with van der Waals surface area (Å²) in [6.07, 6.45) is 1.84. The third kappa shape index (κ3) is 4.95. The number of benzene rings is 2. The summed E-state index contributed by atoms with van der Waals surface area (Å²) in [5.74, 6) is 0.547. The molecule has 5 nitrogen and oxygen atoms in total. The maximum absolute atomic E-state index is 12.9. The van der Waals surface area contributed by atoms with Crippen LogP contribution in [0.25, 0.3) is 0 Å². The zero-order chi connectivity index (χ0) is 19.2. The minimum Gasteiger partial charge on any atom is -0.435 e. The van der Waals surface area contributed by atoms with Gasteiger partial charge in [-0.2, -0.15) is 8.78 Å². The van der Waals surface area contributed by atoms with Gasteiger partial charge < -0.3 is 20.7 Å². The van der Waals surface area contributed by atoms with E-state index in [-0.39, 0.29) is 11.7 Å². The summed E-state index contributed by atoms with van der Waals surface area (Å²) in [6.45, 7) is -0.792. The number of amides is 1. The zero-order valence-corrected chi connectivity index (χ0v) is 14.9. The smallest absolute Gasteiger partial charge is 0.387 e. The molecule has 0 aromatic heterocycles. The van der Waals surface area contributed by atoms with Crippen molar-refractivity contribution < 1.29 is 18.3 Å². The van der Waals surface area contributed by atoms with Crippen LogP contribution in [0.2, 0.25) is 0 Å². The minimum atomic E-state index is -2.86. The highest BCUT2D eigenvalue weighted by atomic mass is 19.3. The topological polar surface area (TPSA) is 67.6 Å². The van der Waals surface area contributed by atoms with Crippen molar-refractivity contribution in [1.29, 1.82) is 0 Å². The fourth-order valence-corrected chi connectivity index (χ4v) is 3.20. The fourth-order valence-electron chi connectivity index (χ4n) is 3.20. The molecule has 1 heterocycles. The number of hydrogen-bond donors (Lipinski definition) is 2. The van der Waals surface area contributed by atoms with Crippen molar-refractivity contribution in [1.82, 2.24) is 4.90 Å². The number of ether oxygens (including phenoxy) is 1. The van der Waals surface area contributed by atoms with E-state index in [1.807, 2.05) is 23.1 Å². The maximum Gasteiger partial charge on any atom is 0.387 e. The molecule has 3 rings (SSSR count). The van der Waals surface area contributed by atoms with Crippen LogP contribution in [0.3, 0.4) is 0 Å². The number of rotatable bonds is 6. The number of carbonyl (C=O) groups excluding carboxylic acids is 1. The molecule has 0 atom stereocenters. The first-order valence-electron chi connectivity index (χ1n) is 8.97.